The SMILES string of the molecule is Cc1cc(C(F)(F)F)cc(N2C(=O)CC3CNc4ccccc4NC(=O)C32)n1. The number of para-hydroxylation sites is 2. The third-order valence-corrected chi connectivity index (χ3v) is 4.95. The molecule has 146 valence electrons. The van der Waals surface area contributed by atoms with E-state index in [-0.39, 0.29) is 17.9 Å². The third kappa shape index (κ3) is 3.17. The van der Waals surface area contributed by atoms with Crippen LogP contribution in [0.3, 0.4) is 0 Å². The second-order valence-electron chi connectivity index (χ2n) is 6.94. The Hall–Kier alpha value is -3.10. The fourth-order valence-electron chi connectivity index (χ4n) is 3.72. The van der Waals surface area contributed by atoms with E-state index < -0.39 is 35.5 Å². The molecule has 2 aliphatic rings. The van der Waals surface area contributed by atoms with Gasteiger partial charge in [0.25, 0.3) is 0 Å². The van der Waals surface area contributed by atoms with Crippen LogP contribution in [0.25, 0.3) is 0 Å². The molecule has 6 nitrogen and oxygen atoms in total. The van der Waals surface area contributed by atoms with E-state index >= 15 is 0 Å². The van der Waals surface area contributed by atoms with Crippen molar-refractivity contribution in [2.45, 2.75) is 25.6 Å². The average molecular weight is 390 g/mol. The molecule has 2 atom stereocenters. The standard InChI is InChI=1S/C19H17F3N4O2/c1-10-6-12(19(20,21)22)8-15(24-10)26-16(27)7-11-9-23-13-4-2-3-5-14(13)25-18(28)17(11)26/h2-6,8,11,17,23H,7,9H2,1H3,(H,25,28). The molecule has 0 saturated carbocycles. The number of rotatable bonds is 1. The lowest BCUT2D eigenvalue weighted by Crippen LogP contribution is -2.47. The summed E-state index contributed by atoms with van der Waals surface area (Å²) in [6.45, 7) is 1.77. The van der Waals surface area contributed by atoms with Gasteiger partial charge in [0.05, 0.1) is 16.9 Å². The minimum atomic E-state index is -4.58. The number of nitrogens with zero attached hydrogens (tertiary/aromatic N) is 2. The normalized spacial score (nSPS) is 21.9. The summed E-state index contributed by atoms with van der Waals surface area (Å²) in [5, 5.41) is 5.97. The Morgan fingerprint density at radius 2 is 1.86 bits per heavy atom. The largest absolute Gasteiger partial charge is 0.416 e. The monoisotopic (exact) mass is 390 g/mol. The first-order chi connectivity index (χ1) is 13.2. The Labute approximate surface area is 158 Å². The molecule has 1 aromatic heterocycles. The first kappa shape index (κ1) is 18.3. The minimum Gasteiger partial charge on any atom is -0.383 e. The minimum absolute atomic E-state index is 0.0459. The van der Waals surface area contributed by atoms with Crippen LogP contribution in [-0.2, 0) is 15.8 Å². The van der Waals surface area contributed by atoms with E-state index in [0.29, 0.717) is 12.2 Å². The van der Waals surface area contributed by atoms with Crippen LogP contribution >= 0.6 is 0 Å². The molecule has 2 N–H and O–H groups in total. The maximum absolute atomic E-state index is 13.2. The smallest absolute Gasteiger partial charge is 0.383 e. The number of carbonyl (C=O) groups is 2. The summed E-state index contributed by atoms with van der Waals surface area (Å²) in [6, 6.07) is 7.89. The molecule has 9 heteroatoms. The van der Waals surface area contributed by atoms with Gasteiger partial charge in [-0.05, 0) is 31.2 Å². The average Bonchev–Trinajstić information content (AvgIpc) is 2.94. The molecule has 3 heterocycles. The van der Waals surface area contributed by atoms with E-state index in [1.165, 1.54) is 6.92 Å². The Balaban J connectivity index is 1.74. The second-order valence-corrected chi connectivity index (χ2v) is 6.94. The number of fused-ring (bicyclic) bond motifs is 2. The molecule has 4 rings (SSSR count). The highest BCUT2D eigenvalue weighted by molar-refractivity contribution is 6.09. The van der Waals surface area contributed by atoms with Crippen LogP contribution in [0.1, 0.15) is 17.7 Å². The maximum atomic E-state index is 13.2. The molecule has 2 amide bonds. The number of aryl methyl sites for hydroxylation is 1. The van der Waals surface area contributed by atoms with E-state index in [1.54, 1.807) is 12.1 Å². The highest BCUT2D eigenvalue weighted by atomic mass is 19.4. The van der Waals surface area contributed by atoms with Crippen LogP contribution in [0, 0.1) is 12.8 Å². The predicted molar refractivity (Wildman–Crippen MR) is 96.9 cm³/mol. The van der Waals surface area contributed by atoms with Crippen molar-refractivity contribution in [2.75, 3.05) is 22.1 Å². The molecule has 2 unspecified atom stereocenters. The van der Waals surface area contributed by atoms with Gasteiger partial charge in [-0.2, -0.15) is 13.2 Å². The molecule has 0 aliphatic carbocycles. The van der Waals surface area contributed by atoms with Crippen molar-refractivity contribution in [3.63, 3.8) is 0 Å². The third-order valence-electron chi connectivity index (χ3n) is 4.95. The molecule has 1 fully saturated rings. The van der Waals surface area contributed by atoms with E-state index in [2.05, 4.69) is 15.6 Å². The van der Waals surface area contributed by atoms with Gasteiger partial charge in [0, 0.05) is 24.6 Å². The van der Waals surface area contributed by atoms with E-state index in [4.69, 9.17) is 0 Å². The lowest BCUT2D eigenvalue weighted by atomic mass is 9.97. The van der Waals surface area contributed by atoms with Gasteiger partial charge in [-0.3, -0.25) is 14.5 Å². The molecule has 0 spiro atoms. The molecule has 2 aromatic rings. The van der Waals surface area contributed by atoms with Crippen molar-refractivity contribution in [1.82, 2.24) is 4.98 Å². The van der Waals surface area contributed by atoms with Gasteiger partial charge in [-0.15, -0.1) is 0 Å². The summed E-state index contributed by atoms with van der Waals surface area (Å²) < 4.78 is 39.6. The van der Waals surface area contributed by atoms with Crippen LogP contribution in [0.5, 0.6) is 0 Å². The van der Waals surface area contributed by atoms with Crippen molar-refractivity contribution in [1.29, 1.82) is 0 Å². The lowest BCUT2D eigenvalue weighted by molar-refractivity contribution is -0.137. The van der Waals surface area contributed by atoms with E-state index in [0.717, 1.165) is 22.7 Å². The van der Waals surface area contributed by atoms with Crippen molar-refractivity contribution in [3.05, 3.63) is 47.7 Å². The Morgan fingerprint density at radius 1 is 1.14 bits per heavy atom. The number of anilines is 3. The summed E-state index contributed by atoms with van der Waals surface area (Å²) in [6.07, 6.45) is -4.53. The number of aromatic nitrogens is 1. The first-order valence-electron chi connectivity index (χ1n) is 8.76. The van der Waals surface area contributed by atoms with Gasteiger partial charge in [-0.25, -0.2) is 4.98 Å². The molecule has 1 aromatic carbocycles. The van der Waals surface area contributed by atoms with Crippen LogP contribution < -0.4 is 15.5 Å². The molecule has 28 heavy (non-hydrogen) atoms. The highest BCUT2D eigenvalue weighted by Gasteiger charge is 2.47. The summed E-state index contributed by atoms with van der Waals surface area (Å²) in [7, 11) is 0. The topological polar surface area (TPSA) is 74.3 Å². The van der Waals surface area contributed by atoms with Gasteiger partial charge < -0.3 is 10.6 Å². The zero-order valence-electron chi connectivity index (χ0n) is 14.9. The molecular weight excluding hydrogens is 373 g/mol. The number of nitrogens with one attached hydrogen (secondary N) is 2. The maximum Gasteiger partial charge on any atom is 0.416 e. The van der Waals surface area contributed by atoms with Crippen LogP contribution in [0.4, 0.5) is 30.4 Å². The van der Waals surface area contributed by atoms with Gasteiger partial charge in [0.2, 0.25) is 11.8 Å². The van der Waals surface area contributed by atoms with Gasteiger partial charge in [-0.1, -0.05) is 12.1 Å². The van der Waals surface area contributed by atoms with E-state index in [9.17, 15) is 22.8 Å². The van der Waals surface area contributed by atoms with Crippen LogP contribution in [0.15, 0.2) is 36.4 Å². The number of pyridine rings is 1. The number of benzene rings is 1. The zero-order valence-corrected chi connectivity index (χ0v) is 14.9. The first-order valence-corrected chi connectivity index (χ1v) is 8.76. The number of carbonyl (C=O) groups excluding carboxylic acids is 2. The molecule has 0 radical (unpaired) electrons. The summed E-state index contributed by atoms with van der Waals surface area (Å²) >= 11 is 0. The summed E-state index contributed by atoms with van der Waals surface area (Å²) in [5.41, 5.74) is 0.503. The molecule has 2 aliphatic heterocycles. The quantitative estimate of drug-likeness (QED) is 0.784. The van der Waals surface area contributed by atoms with Gasteiger partial charge in [0.15, 0.2) is 0 Å². The summed E-state index contributed by atoms with van der Waals surface area (Å²) in [4.78, 5) is 30.8. The Morgan fingerprint density at radius 3 is 2.57 bits per heavy atom. The van der Waals surface area contributed by atoms with Crippen molar-refractivity contribution in [2.24, 2.45) is 5.92 Å². The van der Waals surface area contributed by atoms with Crippen molar-refractivity contribution < 1.29 is 22.8 Å². The van der Waals surface area contributed by atoms with Crippen LogP contribution in [0.2, 0.25) is 0 Å². The van der Waals surface area contributed by atoms with Crippen molar-refractivity contribution >= 4 is 29.0 Å². The zero-order chi connectivity index (χ0) is 20.1. The summed E-state index contributed by atoms with van der Waals surface area (Å²) in [5.74, 6) is -1.42. The number of halogens is 3. The van der Waals surface area contributed by atoms with Crippen molar-refractivity contribution in [3.8, 4) is 0 Å². The molecule has 1 saturated heterocycles. The fourth-order valence-corrected chi connectivity index (χ4v) is 3.72. The molecule has 0 bridgehead atoms. The number of hydrogen-bond donors (Lipinski definition) is 2. The molecular formula is C19H17F3N4O2. The lowest BCUT2D eigenvalue weighted by Gasteiger charge is -2.30. The Bertz CT molecular complexity index is 960. The number of hydrogen-bond acceptors (Lipinski definition) is 4. The van der Waals surface area contributed by atoms with Gasteiger partial charge in [0.1, 0.15) is 11.9 Å². The number of alkyl halides is 3. The Kier molecular flexibility index (Phi) is 4.24. The fraction of sp³-hybridized carbons (Fsp3) is 0.316. The van der Waals surface area contributed by atoms with Crippen LogP contribution in [-0.4, -0.2) is 29.4 Å². The highest BCUT2D eigenvalue weighted by Crippen LogP contribution is 2.37. The van der Waals surface area contributed by atoms with E-state index in [1.807, 2.05) is 12.1 Å². The van der Waals surface area contributed by atoms with Gasteiger partial charge >= 0.3 is 6.18 Å². The number of amides is 2. The predicted octanol–water partition coefficient (Wildman–Crippen LogP) is 3.19. The second kappa shape index (κ2) is 6.50.